The van der Waals surface area contributed by atoms with Gasteiger partial charge >= 0.3 is 51.4 Å². The number of unbranched alkanes of at least 4 members (excludes halogenated alkanes) is 18. The van der Waals surface area contributed by atoms with Crippen molar-refractivity contribution in [2.45, 2.75) is 155 Å². The van der Waals surface area contributed by atoms with Crippen molar-refractivity contribution in [3.05, 3.63) is 0 Å². The van der Waals surface area contributed by atoms with Crippen molar-refractivity contribution in [3.63, 3.8) is 0 Å². The monoisotopic (exact) mass is 477 g/mol. The van der Waals surface area contributed by atoms with Crippen LogP contribution in [0.25, 0.3) is 0 Å². The first-order chi connectivity index (χ1) is 15.2. The zero-order valence-electron chi connectivity index (χ0n) is 22.4. The van der Waals surface area contributed by atoms with Gasteiger partial charge in [-0.15, -0.1) is 0 Å². The number of carboxylic acids is 1. The largest absolute Gasteiger partial charge is 1.00 e. The van der Waals surface area contributed by atoms with Gasteiger partial charge in [0.1, 0.15) is 0 Å². The van der Waals surface area contributed by atoms with Gasteiger partial charge in [-0.2, -0.15) is 0 Å². The summed E-state index contributed by atoms with van der Waals surface area (Å²) < 4.78 is 0. The summed E-state index contributed by atoms with van der Waals surface area (Å²) in [6, 6.07) is 0. The van der Waals surface area contributed by atoms with Crippen LogP contribution in [-0.4, -0.2) is 30.5 Å². The Morgan fingerprint density at radius 3 is 1.09 bits per heavy atom. The van der Waals surface area contributed by atoms with Crippen LogP contribution in [-0.2, 0) is 4.79 Å². The molecular formula is C28H56KNO2. The molecule has 0 unspecified atom stereocenters. The van der Waals surface area contributed by atoms with Crippen molar-refractivity contribution < 1.29 is 61.3 Å². The minimum absolute atomic E-state index is 0. The van der Waals surface area contributed by atoms with E-state index >= 15 is 0 Å². The van der Waals surface area contributed by atoms with Crippen LogP contribution >= 0.6 is 0 Å². The molecule has 0 heterocycles. The predicted molar refractivity (Wildman–Crippen MR) is 134 cm³/mol. The molecule has 0 atom stereocenters. The third-order valence-electron chi connectivity index (χ3n) is 6.51. The van der Waals surface area contributed by atoms with Crippen molar-refractivity contribution in [3.8, 4) is 0 Å². The maximum absolute atomic E-state index is 10.6. The topological polar surface area (TPSA) is 43.4 Å². The van der Waals surface area contributed by atoms with E-state index in [0.29, 0.717) is 0 Å². The number of carboxylic acid groups (broad SMARTS) is 1. The molecule has 0 N–H and O–H groups in total. The standard InChI is InChI=1S/C28H57NO2.K/c1-3-5-7-9-11-13-15-17-21-25-29(27-23-19-20-24-28(30)31)26-22-18-16-14-12-10-8-6-4-2;/h3-27H2,1-2H3,(H,30,31);/q;+1/p-1. The van der Waals surface area contributed by atoms with E-state index in [9.17, 15) is 9.90 Å². The number of rotatable bonds is 26. The van der Waals surface area contributed by atoms with E-state index in [-0.39, 0.29) is 57.8 Å². The summed E-state index contributed by atoms with van der Waals surface area (Å²) in [5, 5.41) is 10.6. The zero-order valence-corrected chi connectivity index (χ0v) is 25.6. The van der Waals surface area contributed by atoms with Gasteiger partial charge in [-0.3, -0.25) is 0 Å². The fraction of sp³-hybridized carbons (Fsp3) is 0.964. The average Bonchev–Trinajstić information content (AvgIpc) is 2.75. The van der Waals surface area contributed by atoms with Crippen LogP contribution in [0, 0.1) is 0 Å². The Bertz CT molecular complexity index is 343. The van der Waals surface area contributed by atoms with E-state index in [1.165, 1.54) is 129 Å². The SMILES string of the molecule is CCCCCCCCCCCN(CCCCCCCCCCC)CCCCCC(=O)[O-].[K+]. The van der Waals surface area contributed by atoms with E-state index in [1.54, 1.807) is 0 Å². The van der Waals surface area contributed by atoms with Gasteiger partial charge in [0.15, 0.2) is 0 Å². The Labute approximate surface area is 244 Å². The molecule has 0 amide bonds. The minimum atomic E-state index is -0.902. The molecule has 0 aromatic rings. The van der Waals surface area contributed by atoms with Crippen molar-refractivity contribution in [2.24, 2.45) is 0 Å². The normalized spacial score (nSPS) is 11.1. The van der Waals surface area contributed by atoms with Crippen molar-refractivity contribution in [2.75, 3.05) is 19.6 Å². The van der Waals surface area contributed by atoms with E-state index in [4.69, 9.17) is 0 Å². The molecule has 0 aromatic carbocycles. The number of carbonyl (C=O) groups excluding carboxylic acids is 1. The van der Waals surface area contributed by atoms with Crippen LogP contribution in [0.1, 0.15) is 155 Å². The molecule has 0 radical (unpaired) electrons. The maximum Gasteiger partial charge on any atom is 1.00 e. The van der Waals surface area contributed by atoms with Crippen LogP contribution in [0.3, 0.4) is 0 Å². The molecule has 0 fully saturated rings. The van der Waals surface area contributed by atoms with Crippen LogP contribution in [0.2, 0.25) is 0 Å². The van der Waals surface area contributed by atoms with Gasteiger partial charge in [0.2, 0.25) is 0 Å². The average molecular weight is 478 g/mol. The van der Waals surface area contributed by atoms with Crippen LogP contribution in [0.15, 0.2) is 0 Å². The number of hydrogen-bond donors (Lipinski definition) is 0. The summed E-state index contributed by atoms with van der Waals surface area (Å²) in [7, 11) is 0. The molecule has 0 aromatic heterocycles. The second-order valence-electron chi connectivity index (χ2n) is 9.68. The molecule has 0 saturated heterocycles. The van der Waals surface area contributed by atoms with Crippen molar-refractivity contribution in [1.29, 1.82) is 0 Å². The Kier molecular flexibility index (Phi) is 33.1. The molecule has 0 rings (SSSR count). The van der Waals surface area contributed by atoms with Gasteiger partial charge in [0.25, 0.3) is 0 Å². The molecular weight excluding hydrogens is 421 g/mol. The minimum Gasteiger partial charge on any atom is -0.550 e. The Hall–Kier alpha value is 1.07. The first-order valence-corrected chi connectivity index (χ1v) is 14.1. The first kappa shape index (κ1) is 35.2. The van der Waals surface area contributed by atoms with Gasteiger partial charge in [-0.05, 0) is 51.7 Å². The fourth-order valence-electron chi connectivity index (χ4n) is 4.41. The van der Waals surface area contributed by atoms with Crippen LogP contribution < -0.4 is 56.5 Å². The van der Waals surface area contributed by atoms with Crippen molar-refractivity contribution >= 4 is 5.97 Å². The molecule has 0 spiro atoms. The van der Waals surface area contributed by atoms with E-state index in [0.717, 1.165) is 25.8 Å². The summed E-state index contributed by atoms with van der Waals surface area (Å²) in [6.45, 7) is 8.16. The Morgan fingerprint density at radius 1 is 0.500 bits per heavy atom. The summed E-state index contributed by atoms with van der Waals surface area (Å²) in [4.78, 5) is 13.2. The number of aliphatic carboxylic acids is 1. The van der Waals surface area contributed by atoms with Crippen LogP contribution in [0.5, 0.6) is 0 Å². The number of nitrogens with zero attached hydrogens (tertiary/aromatic N) is 1. The number of hydrogen-bond acceptors (Lipinski definition) is 3. The molecule has 0 aliphatic carbocycles. The molecule has 4 heteroatoms. The Balaban J connectivity index is 0. The smallest absolute Gasteiger partial charge is 0.550 e. The van der Waals surface area contributed by atoms with Crippen LogP contribution in [0.4, 0.5) is 0 Å². The summed E-state index contributed by atoms with van der Waals surface area (Å²) in [5.41, 5.74) is 0. The first-order valence-electron chi connectivity index (χ1n) is 14.1. The molecule has 186 valence electrons. The predicted octanol–water partition coefficient (Wildman–Crippen LogP) is 4.66. The van der Waals surface area contributed by atoms with E-state index in [2.05, 4.69) is 18.7 Å². The molecule has 3 nitrogen and oxygen atoms in total. The van der Waals surface area contributed by atoms with Gasteiger partial charge in [0, 0.05) is 5.97 Å². The molecule has 0 aliphatic rings. The second-order valence-corrected chi connectivity index (χ2v) is 9.68. The van der Waals surface area contributed by atoms with E-state index < -0.39 is 5.97 Å². The maximum atomic E-state index is 10.6. The van der Waals surface area contributed by atoms with Gasteiger partial charge in [0.05, 0.1) is 0 Å². The fourth-order valence-corrected chi connectivity index (χ4v) is 4.41. The quantitative estimate of drug-likeness (QED) is 0.134. The van der Waals surface area contributed by atoms with Gasteiger partial charge in [-0.1, -0.05) is 123 Å². The summed E-state index contributed by atoms with van der Waals surface area (Å²) >= 11 is 0. The van der Waals surface area contributed by atoms with E-state index in [1.807, 2.05) is 0 Å². The zero-order chi connectivity index (χ0) is 22.8. The number of carbonyl (C=O) groups is 1. The van der Waals surface area contributed by atoms with Gasteiger partial charge in [-0.25, -0.2) is 0 Å². The third-order valence-corrected chi connectivity index (χ3v) is 6.51. The summed E-state index contributed by atoms with van der Waals surface area (Å²) in [5.74, 6) is -0.902. The molecule has 0 aliphatic heterocycles. The molecule has 0 saturated carbocycles. The van der Waals surface area contributed by atoms with Gasteiger partial charge < -0.3 is 14.8 Å². The molecule has 0 bridgehead atoms. The summed E-state index contributed by atoms with van der Waals surface area (Å²) in [6.07, 6.45) is 28.1. The Morgan fingerprint density at radius 2 is 0.781 bits per heavy atom. The third kappa shape index (κ3) is 29.1. The molecule has 32 heavy (non-hydrogen) atoms. The van der Waals surface area contributed by atoms with Crippen molar-refractivity contribution in [1.82, 2.24) is 4.90 Å². The second kappa shape index (κ2) is 30.1.